The molecule has 1 N–H and O–H groups in total. The zero-order chi connectivity index (χ0) is 27.0. The van der Waals surface area contributed by atoms with Gasteiger partial charge in [-0.15, -0.1) is 0 Å². The number of para-hydroxylation sites is 2. The predicted molar refractivity (Wildman–Crippen MR) is 146 cm³/mol. The molecule has 0 radical (unpaired) electrons. The molecular formula is C32H29FN2O3. The Morgan fingerprint density at radius 3 is 2.34 bits per heavy atom. The van der Waals surface area contributed by atoms with Crippen LogP contribution in [0.1, 0.15) is 49.2 Å². The van der Waals surface area contributed by atoms with Gasteiger partial charge in [-0.1, -0.05) is 75.4 Å². The standard InChI is InChI=1S/C32H29FN2O3/c1-18-17-25-32(21-13-7-9-15-23(21)34-30(32)38)26(28(36)20-12-5-8-14-22(20)33)27(29(37)31(2,3)4)35(25)24-16-10-6-11-19(18)24/h5-17,25-27H,1-4H3,(H,34,38)/t25-,26-,27+,32+/m0/s1. The number of nitrogens with zero attached hydrogens (tertiary/aromatic N) is 1. The lowest BCUT2D eigenvalue weighted by Gasteiger charge is -2.39. The van der Waals surface area contributed by atoms with Gasteiger partial charge in [-0.3, -0.25) is 14.4 Å². The summed E-state index contributed by atoms with van der Waals surface area (Å²) in [5.74, 6) is -2.89. The number of carbonyl (C=O) groups is 3. The first-order valence-electron chi connectivity index (χ1n) is 12.9. The van der Waals surface area contributed by atoms with Crippen LogP contribution in [0.25, 0.3) is 5.57 Å². The van der Waals surface area contributed by atoms with Crippen molar-refractivity contribution in [2.45, 2.75) is 45.2 Å². The Labute approximate surface area is 221 Å². The number of allylic oxidation sites excluding steroid dienone is 1. The summed E-state index contributed by atoms with van der Waals surface area (Å²) >= 11 is 0. The number of nitrogens with one attached hydrogen (secondary N) is 1. The monoisotopic (exact) mass is 508 g/mol. The summed E-state index contributed by atoms with van der Waals surface area (Å²) in [6.45, 7) is 7.44. The second kappa shape index (κ2) is 8.22. The fourth-order valence-corrected chi connectivity index (χ4v) is 6.66. The third-order valence-electron chi connectivity index (χ3n) is 8.31. The van der Waals surface area contributed by atoms with E-state index in [0.29, 0.717) is 11.3 Å². The number of hydrogen-bond acceptors (Lipinski definition) is 4. The SMILES string of the molecule is CC1=C[C@@H]2N(c3ccccc31)[C@@H](C(=O)C(C)(C)C)[C@@H](C(=O)c1ccccc1F)[C@]21C(=O)Nc2ccccc21. The summed E-state index contributed by atoms with van der Waals surface area (Å²) < 4.78 is 15.2. The first-order chi connectivity index (χ1) is 18.1. The van der Waals surface area contributed by atoms with Crippen LogP contribution < -0.4 is 10.2 Å². The molecule has 0 unspecified atom stereocenters. The molecule has 0 aromatic heterocycles. The van der Waals surface area contributed by atoms with Crippen LogP contribution in [0.15, 0.2) is 78.9 Å². The quantitative estimate of drug-likeness (QED) is 0.454. The number of carbonyl (C=O) groups excluding carboxylic acids is 3. The fourth-order valence-electron chi connectivity index (χ4n) is 6.66. The first kappa shape index (κ1) is 24.3. The van der Waals surface area contributed by atoms with Gasteiger partial charge in [-0.25, -0.2) is 4.39 Å². The van der Waals surface area contributed by atoms with Gasteiger partial charge in [0.1, 0.15) is 17.3 Å². The van der Waals surface area contributed by atoms with Crippen molar-refractivity contribution in [1.29, 1.82) is 0 Å². The van der Waals surface area contributed by atoms with Gasteiger partial charge in [0, 0.05) is 22.4 Å². The molecule has 1 saturated heterocycles. The van der Waals surface area contributed by atoms with Crippen molar-refractivity contribution in [2.75, 3.05) is 10.2 Å². The molecule has 38 heavy (non-hydrogen) atoms. The Morgan fingerprint density at radius 2 is 1.61 bits per heavy atom. The smallest absolute Gasteiger partial charge is 0.238 e. The van der Waals surface area contributed by atoms with E-state index in [4.69, 9.17) is 0 Å². The lowest BCUT2D eigenvalue weighted by Crippen LogP contribution is -2.52. The second-order valence-corrected chi connectivity index (χ2v) is 11.5. The van der Waals surface area contributed by atoms with E-state index in [-0.39, 0.29) is 17.3 Å². The van der Waals surface area contributed by atoms with Gasteiger partial charge in [-0.2, -0.15) is 0 Å². The molecule has 3 aliphatic heterocycles. The number of halogens is 1. The van der Waals surface area contributed by atoms with Crippen LogP contribution in [0.5, 0.6) is 0 Å². The highest BCUT2D eigenvalue weighted by Gasteiger charge is 2.71. The van der Waals surface area contributed by atoms with E-state index in [1.54, 1.807) is 6.07 Å². The van der Waals surface area contributed by atoms with Crippen LogP contribution in [-0.2, 0) is 15.0 Å². The summed E-state index contributed by atoms with van der Waals surface area (Å²) in [6, 6.07) is 19.3. The molecule has 4 atom stereocenters. The molecule has 5 nitrogen and oxygen atoms in total. The van der Waals surface area contributed by atoms with Crippen molar-refractivity contribution in [3.63, 3.8) is 0 Å². The summed E-state index contributed by atoms with van der Waals surface area (Å²) in [4.78, 5) is 45.1. The molecule has 1 amide bonds. The summed E-state index contributed by atoms with van der Waals surface area (Å²) in [5, 5.41) is 3.00. The third-order valence-corrected chi connectivity index (χ3v) is 8.31. The number of Topliss-reactive ketones (excluding diaryl/α,β-unsaturated/α-hetero) is 2. The van der Waals surface area contributed by atoms with Crippen LogP contribution in [0.4, 0.5) is 15.8 Å². The van der Waals surface area contributed by atoms with Crippen LogP contribution in [0.2, 0.25) is 0 Å². The van der Waals surface area contributed by atoms with Gasteiger partial charge in [0.05, 0.1) is 17.5 Å². The molecule has 0 aliphatic carbocycles. The average Bonchev–Trinajstić information content (AvgIpc) is 3.36. The predicted octanol–water partition coefficient (Wildman–Crippen LogP) is 5.80. The average molecular weight is 509 g/mol. The lowest BCUT2D eigenvalue weighted by molar-refractivity contribution is -0.128. The molecule has 0 bridgehead atoms. The van der Waals surface area contributed by atoms with Crippen molar-refractivity contribution >= 4 is 34.4 Å². The Morgan fingerprint density at radius 1 is 0.947 bits per heavy atom. The minimum atomic E-state index is -1.43. The maximum absolute atomic E-state index is 15.2. The Hall–Kier alpha value is -4.06. The van der Waals surface area contributed by atoms with E-state index < -0.39 is 40.4 Å². The van der Waals surface area contributed by atoms with E-state index in [1.165, 1.54) is 18.2 Å². The zero-order valence-electron chi connectivity index (χ0n) is 21.8. The molecule has 3 heterocycles. The van der Waals surface area contributed by atoms with Crippen LogP contribution in [0.3, 0.4) is 0 Å². The van der Waals surface area contributed by atoms with Crippen molar-refractivity contribution in [2.24, 2.45) is 11.3 Å². The van der Waals surface area contributed by atoms with Gasteiger partial charge >= 0.3 is 0 Å². The van der Waals surface area contributed by atoms with E-state index in [2.05, 4.69) is 5.32 Å². The molecule has 1 fully saturated rings. The normalized spacial score (nSPS) is 25.4. The molecule has 0 saturated carbocycles. The van der Waals surface area contributed by atoms with Crippen LogP contribution in [0, 0.1) is 17.2 Å². The second-order valence-electron chi connectivity index (χ2n) is 11.5. The van der Waals surface area contributed by atoms with Crippen molar-refractivity contribution in [3.8, 4) is 0 Å². The molecule has 6 rings (SSSR count). The summed E-state index contributed by atoms with van der Waals surface area (Å²) in [7, 11) is 0. The van der Waals surface area contributed by atoms with E-state index >= 15 is 4.39 Å². The minimum Gasteiger partial charge on any atom is -0.352 e. The number of hydrogen-bond donors (Lipinski definition) is 1. The topological polar surface area (TPSA) is 66.5 Å². The molecule has 3 aliphatic rings. The van der Waals surface area contributed by atoms with E-state index in [0.717, 1.165) is 16.8 Å². The largest absolute Gasteiger partial charge is 0.352 e. The van der Waals surface area contributed by atoms with Crippen molar-refractivity contribution < 1.29 is 18.8 Å². The molecule has 3 aromatic carbocycles. The molecule has 6 heteroatoms. The Kier molecular flexibility index (Phi) is 5.25. The Balaban J connectivity index is 1.72. The third kappa shape index (κ3) is 3.12. The van der Waals surface area contributed by atoms with Crippen molar-refractivity contribution in [1.82, 2.24) is 0 Å². The highest BCUT2D eigenvalue weighted by molar-refractivity contribution is 6.17. The molecule has 1 spiro atoms. The highest BCUT2D eigenvalue weighted by Crippen LogP contribution is 2.59. The maximum Gasteiger partial charge on any atom is 0.238 e. The van der Waals surface area contributed by atoms with E-state index in [1.807, 2.05) is 87.2 Å². The number of ketones is 2. The number of fused-ring (bicyclic) bond motifs is 6. The highest BCUT2D eigenvalue weighted by atomic mass is 19.1. The number of rotatable bonds is 3. The fraction of sp³-hybridized carbons (Fsp3) is 0.281. The summed E-state index contributed by atoms with van der Waals surface area (Å²) in [6.07, 6.45) is 2.00. The zero-order valence-corrected chi connectivity index (χ0v) is 21.8. The molecular weight excluding hydrogens is 479 g/mol. The lowest BCUT2D eigenvalue weighted by atomic mass is 9.63. The number of amides is 1. The van der Waals surface area contributed by atoms with Gasteiger partial charge in [0.2, 0.25) is 5.91 Å². The van der Waals surface area contributed by atoms with Gasteiger partial charge in [0.15, 0.2) is 11.6 Å². The van der Waals surface area contributed by atoms with Gasteiger partial charge in [-0.05, 0) is 42.3 Å². The Bertz CT molecular complexity index is 1550. The molecule has 192 valence electrons. The van der Waals surface area contributed by atoms with Crippen molar-refractivity contribution in [3.05, 3.63) is 101 Å². The number of benzene rings is 3. The van der Waals surface area contributed by atoms with Gasteiger partial charge in [0.25, 0.3) is 0 Å². The van der Waals surface area contributed by atoms with E-state index in [9.17, 15) is 14.4 Å². The van der Waals surface area contributed by atoms with Crippen LogP contribution in [-0.4, -0.2) is 29.6 Å². The summed E-state index contributed by atoms with van der Waals surface area (Å²) in [5.41, 5.74) is 1.58. The van der Waals surface area contributed by atoms with Gasteiger partial charge < -0.3 is 10.2 Å². The maximum atomic E-state index is 15.2. The molecule has 3 aromatic rings. The minimum absolute atomic E-state index is 0.116. The van der Waals surface area contributed by atoms with Crippen LogP contribution >= 0.6 is 0 Å². The first-order valence-corrected chi connectivity index (χ1v) is 12.9. The number of anilines is 2.